The third-order valence-corrected chi connectivity index (χ3v) is 5.72. The lowest BCUT2D eigenvalue weighted by atomic mass is 9.95. The number of hydrogen-bond donors (Lipinski definition) is 2. The van der Waals surface area contributed by atoms with Gasteiger partial charge in [-0.3, -0.25) is 4.79 Å². The van der Waals surface area contributed by atoms with Crippen molar-refractivity contribution in [3.63, 3.8) is 0 Å². The van der Waals surface area contributed by atoms with E-state index in [1.54, 1.807) is 0 Å². The summed E-state index contributed by atoms with van der Waals surface area (Å²) >= 11 is 0. The zero-order valence-electron chi connectivity index (χ0n) is 15.3. The highest BCUT2D eigenvalue weighted by Crippen LogP contribution is 2.31. The molecule has 2 fully saturated rings. The van der Waals surface area contributed by atoms with E-state index in [1.165, 1.54) is 0 Å². The Morgan fingerprint density at radius 1 is 1.28 bits per heavy atom. The number of nitrogens with one attached hydrogen (secondary N) is 1. The average Bonchev–Trinajstić information content (AvgIpc) is 3.15. The maximum absolute atomic E-state index is 12.4. The molecule has 0 unspecified atom stereocenters. The summed E-state index contributed by atoms with van der Waals surface area (Å²) in [6.45, 7) is 8.73. The summed E-state index contributed by atoms with van der Waals surface area (Å²) in [5.74, 6) is 1.62. The van der Waals surface area contributed by atoms with Crippen LogP contribution in [0.2, 0.25) is 0 Å². The monoisotopic (exact) mass is 345 g/mol. The molecule has 25 heavy (non-hydrogen) atoms. The molecule has 2 heterocycles. The Morgan fingerprint density at radius 2 is 2.08 bits per heavy atom. The molecular weight excluding hydrogens is 314 g/mol. The van der Waals surface area contributed by atoms with Crippen LogP contribution in [0.3, 0.4) is 0 Å². The first-order valence-corrected chi connectivity index (χ1v) is 9.61. The standard InChI is InChI=1S/C19H31N5O/c1-2-23-8-10-24(11-9-23)18-7-6-15(13-21-18)14-22-19(25)17-5-3-4-16(17)12-20/h6-7,13,16-17H,2-5,8-12,14,20H2,1H3,(H,22,25)/t16-,17-/m1/s1. The van der Waals surface area contributed by atoms with E-state index in [2.05, 4.69) is 39.2 Å². The summed E-state index contributed by atoms with van der Waals surface area (Å²) in [7, 11) is 0. The molecule has 3 N–H and O–H groups in total. The van der Waals surface area contributed by atoms with Crippen molar-refractivity contribution < 1.29 is 4.79 Å². The van der Waals surface area contributed by atoms with Crippen LogP contribution >= 0.6 is 0 Å². The van der Waals surface area contributed by atoms with Crippen LogP contribution in [0.4, 0.5) is 5.82 Å². The van der Waals surface area contributed by atoms with Crippen molar-refractivity contribution in [3.8, 4) is 0 Å². The Hall–Kier alpha value is -1.66. The number of likely N-dealkylation sites (N-methyl/N-ethyl adjacent to an activating group) is 1. The Bertz CT molecular complexity index is 553. The fourth-order valence-electron chi connectivity index (χ4n) is 3.99. The molecule has 1 saturated heterocycles. The number of amides is 1. The van der Waals surface area contributed by atoms with Crippen LogP contribution in [0.25, 0.3) is 0 Å². The average molecular weight is 345 g/mol. The Morgan fingerprint density at radius 3 is 2.72 bits per heavy atom. The zero-order chi connectivity index (χ0) is 17.6. The van der Waals surface area contributed by atoms with E-state index in [0.717, 1.165) is 63.4 Å². The van der Waals surface area contributed by atoms with Crippen molar-refractivity contribution in [2.24, 2.45) is 17.6 Å². The number of nitrogens with two attached hydrogens (primary N) is 1. The van der Waals surface area contributed by atoms with Gasteiger partial charge in [0.2, 0.25) is 5.91 Å². The van der Waals surface area contributed by atoms with Crippen molar-refractivity contribution in [1.29, 1.82) is 0 Å². The number of carbonyl (C=O) groups is 1. The van der Waals surface area contributed by atoms with E-state index in [-0.39, 0.29) is 11.8 Å². The molecule has 1 aromatic heterocycles. The van der Waals surface area contributed by atoms with Gasteiger partial charge in [-0.05, 0) is 43.5 Å². The van der Waals surface area contributed by atoms with Gasteiger partial charge in [0.15, 0.2) is 0 Å². The summed E-state index contributed by atoms with van der Waals surface area (Å²) in [5, 5.41) is 3.06. The molecule has 6 heteroatoms. The van der Waals surface area contributed by atoms with Gasteiger partial charge in [0.25, 0.3) is 0 Å². The topological polar surface area (TPSA) is 74.5 Å². The maximum Gasteiger partial charge on any atom is 0.223 e. The largest absolute Gasteiger partial charge is 0.354 e. The summed E-state index contributed by atoms with van der Waals surface area (Å²) in [5.41, 5.74) is 6.82. The van der Waals surface area contributed by atoms with Crippen molar-refractivity contribution in [2.45, 2.75) is 32.7 Å². The SMILES string of the molecule is CCN1CCN(c2ccc(CNC(=O)[C@@H]3CCC[C@@H]3CN)cn2)CC1. The van der Waals surface area contributed by atoms with Gasteiger partial charge in [0, 0.05) is 44.8 Å². The minimum absolute atomic E-state index is 0.0899. The van der Waals surface area contributed by atoms with E-state index < -0.39 is 0 Å². The number of hydrogen-bond acceptors (Lipinski definition) is 5. The van der Waals surface area contributed by atoms with Crippen LogP contribution in [0.1, 0.15) is 31.7 Å². The fourth-order valence-corrected chi connectivity index (χ4v) is 3.99. The molecule has 1 saturated carbocycles. The first kappa shape index (κ1) is 18.1. The van der Waals surface area contributed by atoms with Crippen LogP contribution in [0, 0.1) is 11.8 Å². The number of carbonyl (C=O) groups excluding carboxylic acids is 1. The molecule has 3 rings (SSSR count). The number of rotatable bonds is 6. The Balaban J connectivity index is 1.49. The smallest absolute Gasteiger partial charge is 0.223 e. The van der Waals surface area contributed by atoms with Crippen LogP contribution in [0.5, 0.6) is 0 Å². The molecule has 1 aliphatic carbocycles. The number of piperazine rings is 1. The van der Waals surface area contributed by atoms with Gasteiger partial charge in [-0.15, -0.1) is 0 Å². The Kier molecular flexibility index (Phi) is 6.26. The predicted molar refractivity (Wildman–Crippen MR) is 100 cm³/mol. The lowest BCUT2D eigenvalue weighted by molar-refractivity contribution is -0.126. The number of pyridine rings is 1. The minimum atomic E-state index is 0.0899. The quantitative estimate of drug-likeness (QED) is 0.811. The molecule has 6 nitrogen and oxygen atoms in total. The first-order valence-electron chi connectivity index (χ1n) is 9.61. The van der Waals surface area contributed by atoms with Crippen LogP contribution in [0.15, 0.2) is 18.3 Å². The predicted octanol–water partition coefficient (Wildman–Crippen LogP) is 1.21. The molecule has 1 aliphatic heterocycles. The molecule has 0 bridgehead atoms. The van der Waals surface area contributed by atoms with E-state index in [0.29, 0.717) is 19.0 Å². The van der Waals surface area contributed by atoms with Crippen molar-refractivity contribution >= 4 is 11.7 Å². The third kappa shape index (κ3) is 4.50. The highest BCUT2D eigenvalue weighted by atomic mass is 16.1. The second-order valence-electron chi connectivity index (χ2n) is 7.20. The Labute approximate surface area is 150 Å². The summed E-state index contributed by atoms with van der Waals surface area (Å²) in [6, 6.07) is 4.14. The van der Waals surface area contributed by atoms with Gasteiger partial charge in [0.05, 0.1) is 0 Å². The van der Waals surface area contributed by atoms with Gasteiger partial charge in [-0.2, -0.15) is 0 Å². The van der Waals surface area contributed by atoms with Crippen LogP contribution in [-0.2, 0) is 11.3 Å². The van der Waals surface area contributed by atoms with Crippen molar-refractivity contribution in [3.05, 3.63) is 23.9 Å². The number of anilines is 1. The summed E-state index contributed by atoms with van der Waals surface area (Å²) < 4.78 is 0. The lowest BCUT2D eigenvalue weighted by Gasteiger charge is -2.34. The summed E-state index contributed by atoms with van der Waals surface area (Å²) in [6.07, 6.45) is 5.04. The number of nitrogens with zero attached hydrogens (tertiary/aromatic N) is 3. The van der Waals surface area contributed by atoms with Crippen molar-refractivity contribution in [2.75, 3.05) is 44.2 Å². The molecule has 0 aromatic carbocycles. The number of aromatic nitrogens is 1. The highest BCUT2D eigenvalue weighted by molar-refractivity contribution is 5.79. The maximum atomic E-state index is 12.4. The molecule has 1 aromatic rings. The molecule has 138 valence electrons. The van der Waals surface area contributed by atoms with Gasteiger partial charge in [-0.1, -0.05) is 19.4 Å². The lowest BCUT2D eigenvalue weighted by Crippen LogP contribution is -2.46. The molecule has 0 spiro atoms. The van der Waals surface area contributed by atoms with E-state index >= 15 is 0 Å². The van der Waals surface area contributed by atoms with Crippen LogP contribution in [-0.4, -0.2) is 55.1 Å². The molecular formula is C19H31N5O. The highest BCUT2D eigenvalue weighted by Gasteiger charge is 2.31. The molecule has 2 aliphatic rings. The normalized spacial score (nSPS) is 24.5. The van der Waals surface area contributed by atoms with Gasteiger partial charge in [-0.25, -0.2) is 4.98 Å². The van der Waals surface area contributed by atoms with E-state index in [4.69, 9.17) is 5.73 Å². The second-order valence-corrected chi connectivity index (χ2v) is 7.20. The van der Waals surface area contributed by atoms with Crippen LogP contribution < -0.4 is 16.0 Å². The molecule has 0 radical (unpaired) electrons. The first-order chi connectivity index (χ1) is 12.2. The summed E-state index contributed by atoms with van der Waals surface area (Å²) in [4.78, 5) is 21.7. The van der Waals surface area contributed by atoms with Gasteiger partial charge >= 0.3 is 0 Å². The molecule has 1 amide bonds. The molecule has 2 atom stereocenters. The van der Waals surface area contributed by atoms with Gasteiger partial charge < -0.3 is 20.9 Å². The minimum Gasteiger partial charge on any atom is -0.354 e. The van der Waals surface area contributed by atoms with Gasteiger partial charge in [0.1, 0.15) is 5.82 Å². The van der Waals surface area contributed by atoms with Crippen molar-refractivity contribution in [1.82, 2.24) is 15.2 Å². The van der Waals surface area contributed by atoms with E-state index in [9.17, 15) is 4.79 Å². The second kappa shape index (κ2) is 8.63. The fraction of sp³-hybridized carbons (Fsp3) is 0.684. The zero-order valence-corrected chi connectivity index (χ0v) is 15.3. The van der Waals surface area contributed by atoms with E-state index in [1.807, 2.05) is 6.20 Å². The third-order valence-electron chi connectivity index (χ3n) is 5.72.